The number of carbonyl (C=O) groups excluding carboxylic acids is 1. The molecule has 0 saturated heterocycles. The Morgan fingerprint density at radius 1 is 1.69 bits per heavy atom. The first-order chi connectivity index (χ1) is 6.20. The van der Waals surface area contributed by atoms with Gasteiger partial charge in [-0.25, -0.2) is 4.98 Å². The second-order valence-electron chi connectivity index (χ2n) is 2.92. The summed E-state index contributed by atoms with van der Waals surface area (Å²) in [6.45, 7) is 5.00. The normalized spacial score (nSPS) is 10.4. The standard InChI is InChI=1S/C9H15N3O/c1-4-12-6-11-7(2)9(12)8(13)5-10-3/h6,10H,4-5H2,1-3H3. The third kappa shape index (κ3) is 1.95. The average Bonchev–Trinajstić information content (AvgIpc) is 2.47. The number of ketones is 1. The monoisotopic (exact) mass is 181 g/mol. The van der Waals surface area contributed by atoms with Crippen LogP contribution in [-0.4, -0.2) is 28.9 Å². The van der Waals surface area contributed by atoms with Crippen LogP contribution < -0.4 is 5.32 Å². The second kappa shape index (κ2) is 4.18. The highest BCUT2D eigenvalue weighted by molar-refractivity contribution is 5.97. The van der Waals surface area contributed by atoms with Crippen molar-refractivity contribution in [2.75, 3.05) is 13.6 Å². The maximum atomic E-state index is 11.6. The van der Waals surface area contributed by atoms with Gasteiger partial charge in [0.25, 0.3) is 0 Å². The van der Waals surface area contributed by atoms with Crippen molar-refractivity contribution < 1.29 is 4.79 Å². The van der Waals surface area contributed by atoms with Crippen molar-refractivity contribution in [1.29, 1.82) is 0 Å². The number of hydrogen-bond acceptors (Lipinski definition) is 3. The van der Waals surface area contributed by atoms with E-state index in [2.05, 4.69) is 10.3 Å². The Balaban J connectivity index is 2.96. The fraction of sp³-hybridized carbons (Fsp3) is 0.556. The number of hydrogen-bond donors (Lipinski definition) is 1. The van der Waals surface area contributed by atoms with Gasteiger partial charge >= 0.3 is 0 Å². The minimum atomic E-state index is 0.0966. The summed E-state index contributed by atoms with van der Waals surface area (Å²) in [5.74, 6) is 0.0966. The number of likely N-dealkylation sites (N-methyl/N-ethyl adjacent to an activating group) is 1. The van der Waals surface area contributed by atoms with Crippen LogP contribution in [0.1, 0.15) is 23.1 Å². The minimum Gasteiger partial charge on any atom is -0.328 e. The summed E-state index contributed by atoms with van der Waals surface area (Å²) in [6.07, 6.45) is 1.71. The van der Waals surface area contributed by atoms with Crippen molar-refractivity contribution in [2.24, 2.45) is 0 Å². The lowest BCUT2D eigenvalue weighted by Gasteiger charge is -2.04. The molecular formula is C9H15N3O. The molecule has 0 atom stereocenters. The zero-order valence-electron chi connectivity index (χ0n) is 8.29. The summed E-state index contributed by atoms with van der Waals surface area (Å²) in [4.78, 5) is 15.7. The molecular weight excluding hydrogens is 166 g/mol. The molecule has 4 heteroatoms. The molecule has 0 spiro atoms. The number of rotatable bonds is 4. The molecule has 0 aliphatic heterocycles. The van der Waals surface area contributed by atoms with E-state index >= 15 is 0 Å². The molecule has 0 radical (unpaired) electrons. The third-order valence-electron chi connectivity index (χ3n) is 1.96. The molecule has 0 aliphatic rings. The average molecular weight is 181 g/mol. The van der Waals surface area contributed by atoms with Gasteiger partial charge < -0.3 is 9.88 Å². The third-order valence-corrected chi connectivity index (χ3v) is 1.96. The van der Waals surface area contributed by atoms with Gasteiger partial charge in [-0.3, -0.25) is 4.79 Å². The zero-order chi connectivity index (χ0) is 9.84. The molecule has 0 fully saturated rings. The van der Waals surface area contributed by atoms with E-state index in [-0.39, 0.29) is 5.78 Å². The molecule has 0 unspecified atom stereocenters. The molecule has 1 rings (SSSR count). The molecule has 1 heterocycles. The van der Waals surface area contributed by atoms with Gasteiger partial charge in [0.2, 0.25) is 0 Å². The van der Waals surface area contributed by atoms with Gasteiger partial charge in [-0.1, -0.05) is 0 Å². The van der Waals surface area contributed by atoms with Gasteiger partial charge in [-0.05, 0) is 20.9 Å². The van der Waals surface area contributed by atoms with Gasteiger partial charge in [-0.2, -0.15) is 0 Å². The van der Waals surface area contributed by atoms with Gasteiger partial charge in [0, 0.05) is 6.54 Å². The number of nitrogens with zero attached hydrogens (tertiary/aromatic N) is 2. The largest absolute Gasteiger partial charge is 0.328 e. The molecule has 0 saturated carbocycles. The van der Waals surface area contributed by atoms with E-state index in [1.807, 2.05) is 18.4 Å². The topological polar surface area (TPSA) is 46.9 Å². The fourth-order valence-electron chi connectivity index (χ4n) is 1.33. The zero-order valence-corrected chi connectivity index (χ0v) is 8.29. The number of imidazole rings is 1. The van der Waals surface area contributed by atoms with Crippen LogP contribution in [0.25, 0.3) is 0 Å². The smallest absolute Gasteiger partial charge is 0.194 e. The van der Waals surface area contributed by atoms with E-state index in [0.29, 0.717) is 6.54 Å². The molecule has 0 aromatic carbocycles. The number of aromatic nitrogens is 2. The summed E-state index contributed by atoms with van der Waals surface area (Å²) in [7, 11) is 1.76. The van der Waals surface area contributed by atoms with Crippen LogP contribution in [-0.2, 0) is 6.54 Å². The van der Waals surface area contributed by atoms with Crippen molar-refractivity contribution in [3.8, 4) is 0 Å². The highest BCUT2D eigenvalue weighted by Crippen LogP contribution is 2.06. The summed E-state index contributed by atoms with van der Waals surface area (Å²) in [5, 5.41) is 2.84. The molecule has 4 nitrogen and oxygen atoms in total. The van der Waals surface area contributed by atoms with Crippen LogP contribution in [0, 0.1) is 6.92 Å². The van der Waals surface area contributed by atoms with Gasteiger partial charge in [0.05, 0.1) is 18.6 Å². The van der Waals surface area contributed by atoms with E-state index in [4.69, 9.17) is 0 Å². The highest BCUT2D eigenvalue weighted by Gasteiger charge is 2.13. The molecule has 0 amide bonds. The van der Waals surface area contributed by atoms with E-state index in [1.165, 1.54) is 0 Å². The van der Waals surface area contributed by atoms with Crippen LogP contribution in [0.2, 0.25) is 0 Å². The van der Waals surface area contributed by atoms with Gasteiger partial charge in [-0.15, -0.1) is 0 Å². The minimum absolute atomic E-state index is 0.0966. The van der Waals surface area contributed by atoms with Gasteiger partial charge in [0.1, 0.15) is 5.69 Å². The Labute approximate surface area is 78.0 Å². The van der Waals surface area contributed by atoms with Crippen molar-refractivity contribution >= 4 is 5.78 Å². The molecule has 1 N–H and O–H groups in total. The van der Waals surface area contributed by atoms with Crippen LogP contribution in [0.15, 0.2) is 6.33 Å². The molecule has 0 aliphatic carbocycles. The lowest BCUT2D eigenvalue weighted by Crippen LogP contribution is -2.21. The Kier molecular flexibility index (Phi) is 3.19. The summed E-state index contributed by atoms with van der Waals surface area (Å²) < 4.78 is 1.87. The Morgan fingerprint density at radius 3 is 2.92 bits per heavy atom. The number of nitrogens with one attached hydrogen (secondary N) is 1. The summed E-state index contributed by atoms with van der Waals surface area (Å²) in [5.41, 5.74) is 1.53. The Hall–Kier alpha value is -1.16. The first kappa shape index (κ1) is 9.92. The number of carbonyl (C=O) groups is 1. The summed E-state index contributed by atoms with van der Waals surface area (Å²) >= 11 is 0. The maximum Gasteiger partial charge on any atom is 0.194 e. The molecule has 72 valence electrons. The van der Waals surface area contributed by atoms with Crippen LogP contribution in [0.4, 0.5) is 0 Å². The molecule has 0 bridgehead atoms. The first-order valence-corrected chi connectivity index (χ1v) is 4.40. The second-order valence-corrected chi connectivity index (χ2v) is 2.92. The van der Waals surface area contributed by atoms with E-state index in [1.54, 1.807) is 13.4 Å². The Morgan fingerprint density at radius 2 is 2.38 bits per heavy atom. The highest BCUT2D eigenvalue weighted by atomic mass is 16.1. The first-order valence-electron chi connectivity index (χ1n) is 4.40. The predicted molar refractivity (Wildman–Crippen MR) is 50.9 cm³/mol. The van der Waals surface area contributed by atoms with E-state index in [0.717, 1.165) is 17.9 Å². The summed E-state index contributed by atoms with van der Waals surface area (Å²) in [6, 6.07) is 0. The van der Waals surface area contributed by atoms with Crippen molar-refractivity contribution in [3.05, 3.63) is 17.7 Å². The van der Waals surface area contributed by atoms with Crippen LogP contribution in [0.3, 0.4) is 0 Å². The van der Waals surface area contributed by atoms with Crippen molar-refractivity contribution in [1.82, 2.24) is 14.9 Å². The van der Waals surface area contributed by atoms with Crippen LogP contribution >= 0.6 is 0 Å². The van der Waals surface area contributed by atoms with Crippen LogP contribution in [0.5, 0.6) is 0 Å². The molecule has 1 aromatic heterocycles. The van der Waals surface area contributed by atoms with E-state index in [9.17, 15) is 4.79 Å². The van der Waals surface area contributed by atoms with Gasteiger partial charge in [0.15, 0.2) is 5.78 Å². The molecule has 13 heavy (non-hydrogen) atoms. The van der Waals surface area contributed by atoms with Crippen molar-refractivity contribution in [2.45, 2.75) is 20.4 Å². The fourth-order valence-corrected chi connectivity index (χ4v) is 1.33. The SMILES string of the molecule is CCn1cnc(C)c1C(=O)CNC. The predicted octanol–water partition coefficient (Wildman–Crippen LogP) is 0.614. The van der Waals surface area contributed by atoms with E-state index < -0.39 is 0 Å². The number of aryl methyl sites for hydroxylation is 2. The quantitative estimate of drug-likeness (QED) is 0.692. The maximum absolute atomic E-state index is 11.6. The molecule has 1 aromatic rings. The van der Waals surface area contributed by atoms with Crippen molar-refractivity contribution in [3.63, 3.8) is 0 Å². The lowest BCUT2D eigenvalue weighted by molar-refractivity contribution is 0.0984. The number of Topliss-reactive ketones (excluding diaryl/α,β-unsaturated/α-hetero) is 1. The Bertz CT molecular complexity index is 304. The lowest BCUT2D eigenvalue weighted by atomic mass is 10.2.